The summed E-state index contributed by atoms with van der Waals surface area (Å²) in [6, 6.07) is 10.6. The summed E-state index contributed by atoms with van der Waals surface area (Å²) < 4.78 is 10.7. The van der Waals surface area contributed by atoms with Gasteiger partial charge in [-0.25, -0.2) is 14.8 Å². The molecule has 32 heavy (non-hydrogen) atoms. The number of halogens is 1. The molecule has 1 unspecified atom stereocenters. The van der Waals surface area contributed by atoms with E-state index in [1.54, 1.807) is 36.5 Å². The zero-order valence-corrected chi connectivity index (χ0v) is 17.9. The summed E-state index contributed by atoms with van der Waals surface area (Å²) in [5.74, 6) is 1.36. The molecule has 1 atom stereocenters. The van der Waals surface area contributed by atoms with Crippen LogP contribution in [0.15, 0.2) is 55.0 Å². The lowest BCUT2D eigenvalue weighted by Crippen LogP contribution is -2.48. The first-order valence-corrected chi connectivity index (χ1v) is 9.87. The number of nitro groups is 1. The molecule has 0 radical (unpaired) electrons. The maximum atomic E-state index is 13.6. The lowest BCUT2D eigenvalue weighted by Gasteiger charge is -2.39. The van der Waals surface area contributed by atoms with Crippen LogP contribution in [0.1, 0.15) is 16.6 Å². The molecule has 11 heteroatoms. The second-order valence-electron chi connectivity index (χ2n) is 6.87. The van der Waals surface area contributed by atoms with Crippen molar-refractivity contribution in [3.63, 3.8) is 0 Å². The molecule has 1 aromatic heterocycles. The number of fused-ring (bicyclic) bond motifs is 1. The first-order valence-electron chi connectivity index (χ1n) is 9.44. The van der Waals surface area contributed by atoms with Crippen molar-refractivity contribution in [1.82, 2.24) is 9.97 Å². The number of amides is 2. The molecule has 0 N–H and O–H groups in total. The fraction of sp³-hybridized carbons (Fsp3) is 0.190. The number of carbonyl (C=O) groups excluding carboxylic acids is 1. The fourth-order valence-electron chi connectivity index (χ4n) is 3.41. The summed E-state index contributed by atoms with van der Waals surface area (Å²) in [6.07, 6.45) is 2.89. The molecule has 0 fully saturated rings. The predicted octanol–water partition coefficient (Wildman–Crippen LogP) is 4.29. The topological polar surface area (TPSA) is 111 Å². The van der Waals surface area contributed by atoms with E-state index in [1.165, 1.54) is 42.5 Å². The number of nitrogens with zero attached hydrogens (tertiary/aromatic N) is 5. The Kier molecular flexibility index (Phi) is 5.78. The van der Waals surface area contributed by atoms with Crippen LogP contribution in [0.3, 0.4) is 0 Å². The van der Waals surface area contributed by atoms with E-state index in [4.69, 9.17) is 21.1 Å². The molecule has 0 saturated heterocycles. The number of rotatable bonds is 6. The van der Waals surface area contributed by atoms with Crippen LogP contribution in [-0.2, 0) is 6.54 Å². The van der Waals surface area contributed by atoms with Crippen LogP contribution in [0, 0.1) is 10.1 Å². The van der Waals surface area contributed by atoms with Crippen molar-refractivity contribution in [3.8, 4) is 11.5 Å². The molecule has 2 heterocycles. The van der Waals surface area contributed by atoms with Crippen LogP contribution < -0.4 is 19.3 Å². The van der Waals surface area contributed by atoms with Gasteiger partial charge in [0, 0.05) is 36.5 Å². The van der Waals surface area contributed by atoms with Crippen LogP contribution in [-0.4, -0.2) is 35.1 Å². The highest BCUT2D eigenvalue weighted by Crippen LogP contribution is 2.42. The minimum absolute atomic E-state index is 0.0348. The molecule has 1 aliphatic heterocycles. The molecule has 10 nitrogen and oxygen atoms in total. The van der Waals surface area contributed by atoms with E-state index in [0.29, 0.717) is 34.1 Å². The Morgan fingerprint density at radius 3 is 2.38 bits per heavy atom. The first kappa shape index (κ1) is 21.3. The van der Waals surface area contributed by atoms with Crippen molar-refractivity contribution >= 4 is 34.8 Å². The summed E-state index contributed by atoms with van der Waals surface area (Å²) in [5.41, 5.74) is 0.785. The number of ether oxygens (including phenoxy) is 2. The standard InChI is InChI=1S/C21H18ClN5O5/c1-31-16-7-15(8-17(9-16)32-2)26-19(22)18-10-23-12-24-20(18)25(21(26)28)11-13-3-5-14(6-4-13)27(29)30/h3-10,12,19H,11H2,1-2H3. The number of carbonyl (C=O) groups is 1. The normalized spacial score (nSPS) is 15.3. The number of aromatic nitrogens is 2. The number of anilines is 2. The maximum Gasteiger partial charge on any atom is 0.332 e. The van der Waals surface area contributed by atoms with Crippen LogP contribution >= 0.6 is 11.6 Å². The van der Waals surface area contributed by atoms with E-state index < -0.39 is 16.5 Å². The number of methoxy groups -OCH3 is 2. The van der Waals surface area contributed by atoms with Gasteiger partial charge in [0.1, 0.15) is 29.1 Å². The minimum Gasteiger partial charge on any atom is -0.497 e. The SMILES string of the molecule is COc1cc(OC)cc(N2C(=O)N(Cc3ccc([N+](=O)[O-])cc3)c3ncncc3C2Cl)c1. The van der Waals surface area contributed by atoms with E-state index in [1.807, 2.05) is 0 Å². The molecular weight excluding hydrogens is 438 g/mol. The largest absolute Gasteiger partial charge is 0.497 e. The molecular formula is C21H18ClN5O5. The van der Waals surface area contributed by atoms with Gasteiger partial charge in [0.25, 0.3) is 5.69 Å². The van der Waals surface area contributed by atoms with E-state index in [9.17, 15) is 14.9 Å². The third kappa shape index (κ3) is 3.87. The predicted molar refractivity (Wildman–Crippen MR) is 117 cm³/mol. The molecule has 2 amide bonds. The second kappa shape index (κ2) is 8.67. The van der Waals surface area contributed by atoms with Crippen molar-refractivity contribution < 1.29 is 19.2 Å². The zero-order valence-electron chi connectivity index (χ0n) is 17.1. The molecule has 2 aromatic carbocycles. The van der Waals surface area contributed by atoms with Crippen molar-refractivity contribution in [2.45, 2.75) is 12.0 Å². The third-order valence-electron chi connectivity index (χ3n) is 5.00. The summed E-state index contributed by atoms with van der Waals surface area (Å²) in [6.45, 7) is 0.127. The number of benzene rings is 2. The second-order valence-corrected chi connectivity index (χ2v) is 7.28. The number of urea groups is 1. The molecule has 164 valence electrons. The van der Waals surface area contributed by atoms with Crippen molar-refractivity contribution in [2.75, 3.05) is 24.0 Å². The van der Waals surface area contributed by atoms with E-state index in [0.717, 1.165) is 0 Å². The summed E-state index contributed by atoms with van der Waals surface area (Å²) in [7, 11) is 3.03. The van der Waals surface area contributed by atoms with Gasteiger partial charge in [-0.1, -0.05) is 23.7 Å². The summed E-state index contributed by atoms with van der Waals surface area (Å²) in [5, 5.41) is 10.9. The monoisotopic (exact) mass is 455 g/mol. The van der Waals surface area contributed by atoms with E-state index in [2.05, 4.69) is 9.97 Å². The minimum atomic E-state index is -0.872. The Balaban J connectivity index is 1.76. The quantitative estimate of drug-likeness (QED) is 0.236. The van der Waals surface area contributed by atoms with Gasteiger partial charge >= 0.3 is 6.03 Å². The molecule has 1 aliphatic rings. The Morgan fingerprint density at radius 2 is 1.78 bits per heavy atom. The Morgan fingerprint density at radius 1 is 1.12 bits per heavy atom. The molecule has 3 aromatic rings. The van der Waals surface area contributed by atoms with Gasteiger partial charge in [0.05, 0.1) is 36.9 Å². The van der Waals surface area contributed by atoms with Gasteiger partial charge in [0.15, 0.2) is 0 Å². The van der Waals surface area contributed by atoms with Crippen molar-refractivity contribution in [1.29, 1.82) is 0 Å². The van der Waals surface area contributed by atoms with Crippen LogP contribution in [0.25, 0.3) is 0 Å². The van der Waals surface area contributed by atoms with Gasteiger partial charge in [0.2, 0.25) is 0 Å². The van der Waals surface area contributed by atoms with Crippen LogP contribution in [0.2, 0.25) is 0 Å². The molecule has 4 rings (SSSR count). The summed E-state index contributed by atoms with van der Waals surface area (Å²) >= 11 is 6.70. The molecule has 0 aliphatic carbocycles. The number of hydrogen-bond acceptors (Lipinski definition) is 7. The smallest absolute Gasteiger partial charge is 0.332 e. The highest BCUT2D eigenvalue weighted by Gasteiger charge is 2.39. The Labute approximate surface area is 188 Å². The Bertz CT molecular complexity index is 1150. The van der Waals surface area contributed by atoms with E-state index in [-0.39, 0.29) is 12.2 Å². The van der Waals surface area contributed by atoms with Crippen molar-refractivity contribution in [2.24, 2.45) is 0 Å². The number of nitro benzene ring substituents is 1. The maximum absolute atomic E-state index is 13.6. The average Bonchev–Trinajstić information content (AvgIpc) is 2.82. The number of alkyl halides is 1. The highest BCUT2D eigenvalue weighted by atomic mass is 35.5. The first-order chi connectivity index (χ1) is 15.4. The molecule has 0 bridgehead atoms. The van der Waals surface area contributed by atoms with Crippen LogP contribution in [0.5, 0.6) is 11.5 Å². The fourth-order valence-corrected chi connectivity index (χ4v) is 3.76. The van der Waals surface area contributed by atoms with Gasteiger partial charge in [-0.3, -0.25) is 19.9 Å². The van der Waals surface area contributed by atoms with E-state index >= 15 is 0 Å². The number of hydrogen-bond donors (Lipinski definition) is 0. The summed E-state index contributed by atoms with van der Waals surface area (Å²) in [4.78, 5) is 35.2. The lowest BCUT2D eigenvalue weighted by atomic mass is 10.1. The lowest BCUT2D eigenvalue weighted by molar-refractivity contribution is -0.384. The van der Waals surface area contributed by atoms with Gasteiger partial charge in [-0.05, 0) is 5.56 Å². The number of non-ortho nitro benzene ring substituents is 1. The van der Waals surface area contributed by atoms with Gasteiger partial charge < -0.3 is 9.47 Å². The molecule has 0 spiro atoms. The van der Waals surface area contributed by atoms with Crippen molar-refractivity contribution in [3.05, 3.63) is 76.2 Å². The average molecular weight is 456 g/mol. The Hall–Kier alpha value is -3.92. The van der Waals surface area contributed by atoms with Crippen LogP contribution in [0.4, 0.5) is 22.0 Å². The zero-order chi connectivity index (χ0) is 22.8. The van der Waals surface area contributed by atoms with Gasteiger partial charge in [-0.2, -0.15) is 0 Å². The third-order valence-corrected chi connectivity index (χ3v) is 5.43. The molecule has 0 saturated carbocycles. The highest BCUT2D eigenvalue weighted by molar-refractivity contribution is 6.27. The van der Waals surface area contributed by atoms with Gasteiger partial charge in [-0.15, -0.1) is 0 Å².